The molecule has 1 aromatic heterocycles. The highest BCUT2D eigenvalue weighted by Crippen LogP contribution is 2.40. The van der Waals surface area contributed by atoms with Gasteiger partial charge in [-0.1, -0.05) is 13.8 Å². The Balaban J connectivity index is 1.55. The van der Waals surface area contributed by atoms with Crippen molar-refractivity contribution in [3.05, 3.63) is 10.6 Å². The summed E-state index contributed by atoms with van der Waals surface area (Å²) in [5.74, 6) is -0.993. The maximum absolute atomic E-state index is 12.2. The van der Waals surface area contributed by atoms with Gasteiger partial charge in [-0.05, 0) is 44.9 Å². The highest BCUT2D eigenvalue weighted by Gasteiger charge is 2.32. The van der Waals surface area contributed by atoms with E-state index in [9.17, 15) is 9.59 Å². The van der Waals surface area contributed by atoms with Crippen LogP contribution >= 0.6 is 11.3 Å². The van der Waals surface area contributed by atoms with E-state index in [1.54, 1.807) is 11.3 Å². The van der Waals surface area contributed by atoms with Crippen molar-refractivity contribution in [1.29, 1.82) is 0 Å². The lowest BCUT2D eigenvalue weighted by Gasteiger charge is -2.27. The van der Waals surface area contributed by atoms with E-state index in [1.807, 2.05) is 0 Å². The number of aromatic nitrogens is 1. The van der Waals surface area contributed by atoms with E-state index in [-0.39, 0.29) is 23.4 Å². The number of rotatable bonds is 3. The molecule has 6 nitrogen and oxygen atoms in total. The van der Waals surface area contributed by atoms with Crippen LogP contribution in [0.2, 0.25) is 0 Å². The zero-order valence-corrected chi connectivity index (χ0v) is 15.0. The van der Waals surface area contributed by atoms with Crippen LogP contribution in [-0.2, 0) is 16.6 Å². The van der Waals surface area contributed by atoms with Gasteiger partial charge < -0.3 is 10.4 Å². The fourth-order valence-corrected chi connectivity index (χ4v) is 4.90. The minimum absolute atomic E-state index is 0.0478. The number of hydrogen-bond acceptors (Lipinski definition) is 4. The Labute approximate surface area is 146 Å². The lowest BCUT2D eigenvalue weighted by molar-refractivity contribution is -0.142. The van der Waals surface area contributed by atoms with Crippen LogP contribution in [0.25, 0.3) is 0 Å². The van der Waals surface area contributed by atoms with Crippen LogP contribution in [0, 0.1) is 5.92 Å². The number of amides is 2. The Morgan fingerprint density at radius 3 is 2.58 bits per heavy atom. The van der Waals surface area contributed by atoms with Crippen molar-refractivity contribution in [3.8, 4) is 0 Å². The van der Waals surface area contributed by atoms with E-state index < -0.39 is 5.97 Å². The van der Waals surface area contributed by atoms with Gasteiger partial charge in [0, 0.05) is 16.3 Å². The van der Waals surface area contributed by atoms with Crippen molar-refractivity contribution in [2.75, 3.05) is 5.32 Å². The molecule has 0 aromatic carbocycles. The highest BCUT2D eigenvalue weighted by molar-refractivity contribution is 7.15. The molecule has 0 spiro atoms. The van der Waals surface area contributed by atoms with Crippen molar-refractivity contribution in [2.45, 2.75) is 70.3 Å². The van der Waals surface area contributed by atoms with Gasteiger partial charge in [-0.15, -0.1) is 11.3 Å². The first-order valence-electron chi connectivity index (χ1n) is 8.65. The number of carboxylic acids is 1. The summed E-state index contributed by atoms with van der Waals surface area (Å²) >= 11 is 1.57. The average molecular weight is 351 g/mol. The summed E-state index contributed by atoms with van der Waals surface area (Å²) in [6.07, 6.45) is 6.01. The molecule has 0 unspecified atom stereocenters. The van der Waals surface area contributed by atoms with Crippen LogP contribution in [0.1, 0.15) is 62.9 Å². The maximum Gasteiger partial charge on any atom is 0.321 e. The third-order valence-electron chi connectivity index (χ3n) is 5.18. The van der Waals surface area contributed by atoms with E-state index >= 15 is 0 Å². The molecule has 2 aliphatic rings. The van der Waals surface area contributed by atoms with Crippen LogP contribution in [0.5, 0.6) is 0 Å². The number of thiazole rings is 1. The molecule has 1 fully saturated rings. The lowest BCUT2D eigenvalue weighted by atomic mass is 9.79. The minimum Gasteiger partial charge on any atom is -0.481 e. The Kier molecular flexibility index (Phi) is 4.80. The van der Waals surface area contributed by atoms with Crippen LogP contribution in [0.15, 0.2) is 0 Å². The highest BCUT2D eigenvalue weighted by atomic mass is 32.1. The second kappa shape index (κ2) is 6.70. The first kappa shape index (κ1) is 17.2. The first-order valence-corrected chi connectivity index (χ1v) is 9.47. The van der Waals surface area contributed by atoms with Crippen LogP contribution in [0.4, 0.5) is 9.93 Å². The average Bonchev–Trinajstić information content (AvgIpc) is 2.91. The molecule has 1 saturated carbocycles. The van der Waals surface area contributed by atoms with E-state index in [0.717, 1.165) is 18.5 Å². The molecule has 7 heteroatoms. The number of carboxylic acid groups (broad SMARTS) is 1. The number of aryl methyl sites for hydroxylation is 1. The zero-order valence-electron chi connectivity index (χ0n) is 14.2. The summed E-state index contributed by atoms with van der Waals surface area (Å²) < 4.78 is 0. The van der Waals surface area contributed by atoms with Crippen molar-refractivity contribution < 1.29 is 14.7 Å². The number of carbonyl (C=O) groups excluding carboxylic acids is 1. The van der Waals surface area contributed by atoms with E-state index in [4.69, 9.17) is 5.11 Å². The van der Waals surface area contributed by atoms with Crippen LogP contribution in [0.3, 0.4) is 0 Å². The molecule has 1 aromatic rings. The molecule has 0 radical (unpaired) electrons. The normalized spacial score (nSPS) is 25.6. The van der Waals surface area contributed by atoms with Crippen molar-refractivity contribution in [3.63, 3.8) is 0 Å². The van der Waals surface area contributed by atoms with Gasteiger partial charge in [-0.2, -0.15) is 0 Å². The van der Waals surface area contributed by atoms with E-state index in [2.05, 4.69) is 29.5 Å². The molecule has 2 aliphatic carbocycles. The Morgan fingerprint density at radius 1 is 1.25 bits per heavy atom. The van der Waals surface area contributed by atoms with Gasteiger partial charge in [0.15, 0.2) is 5.13 Å². The molecule has 3 N–H and O–H groups in total. The number of nitrogens with one attached hydrogen (secondary N) is 2. The van der Waals surface area contributed by atoms with Gasteiger partial charge in [0.1, 0.15) is 0 Å². The molecule has 2 amide bonds. The van der Waals surface area contributed by atoms with Gasteiger partial charge >= 0.3 is 12.0 Å². The maximum atomic E-state index is 12.2. The summed E-state index contributed by atoms with van der Waals surface area (Å²) in [5, 5.41) is 15.5. The van der Waals surface area contributed by atoms with Gasteiger partial charge in [0.2, 0.25) is 0 Å². The van der Waals surface area contributed by atoms with Gasteiger partial charge in [0.25, 0.3) is 0 Å². The predicted octanol–water partition coefficient (Wildman–Crippen LogP) is 3.52. The second-order valence-electron chi connectivity index (χ2n) is 7.51. The zero-order chi connectivity index (χ0) is 17.3. The molecule has 0 saturated heterocycles. The van der Waals surface area contributed by atoms with Gasteiger partial charge in [-0.25, -0.2) is 9.78 Å². The molecule has 132 valence electrons. The Bertz CT molecular complexity index is 633. The monoisotopic (exact) mass is 351 g/mol. The van der Waals surface area contributed by atoms with Gasteiger partial charge in [-0.3, -0.25) is 10.1 Å². The number of urea groups is 1. The van der Waals surface area contributed by atoms with Gasteiger partial charge in [0.05, 0.1) is 11.6 Å². The molecule has 3 rings (SSSR count). The van der Waals surface area contributed by atoms with Crippen LogP contribution in [-0.4, -0.2) is 28.1 Å². The summed E-state index contributed by atoms with van der Waals surface area (Å²) in [7, 11) is 0. The number of nitrogens with zero attached hydrogens (tertiary/aromatic N) is 1. The van der Waals surface area contributed by atoms with Crippen molar-refractivity contribution in [1.82, 2.24) is 10.3 Å². The minimum atomic E-state index is -0.728. The third kappa shape index (κ3) is 3.71. The Hall–Kier alpha value is -1.63. The Morgan fingerprint density at radius 2 is 1.96 bits per heavy atom. The fourth-order valence-electron chi connectivity index (χ4n) is 3.72. The number of aliphatic carboxylic acids is 1. The fraction of sp³-hybridized carbons (Fsp3) is 0.706. The molecular formula is C17H25N3O3S. The van der Waals surface area contributed by atoms with Crippen molar-refractivity contribution >= 4 is 28.5 Å². The van der Waals surface area contributed by atoms with E-state index in [0.29, 0.717) is 30.8 Å². The summed E-state index contributed by atoms with van der Waals surface area (Å²) in [6, 6.07) is -0.190. The smallest absolute Gasteiger partial charge is 0.321 e. The largest absolute Gasteiger partial charge is 0.481 e. The standard InChI is InChI=1S/C17H25N3O3S/c1-17(2)9-3-4-12-13(17)19-16(24-12)20-15(23)18-11-7-5-10(6-8-11)14(21)22/h10-11H,3-9H2,1-2H3,(H,21,22)(H2,18,19,20,23). The lowest BCUT2D eigenvalue weighted by Crippen LogP contribution is -2.41. The summed E-state index contributed by atoms with van der Waals surface area (Å²) in [5.41, 5.74) is 1.20. The molecule has 1 heterocycles. The topological polar surface area (TPSA) is 91.3 Å². The number of anilines is 1. The summed E-state index contributed by atoms with van der Waals surface area (Å²) in [4.78, 5) is 29.1. The SMILES string of the molecule is CC1(C)CCCc2sc(NC(=O)NC3CCC(C(=O)O)CC3)nc21. The molecule has 0 atom stereocenters. The number of hydrogen-bond donors (Lipinski definition) is 3. The summed E-state index contributed by atoms with van der Waals surface area (Å²) in [6.45, 7) is 4.41. The van der Waals surface area contributed by atoms with Crippen molar-refractivity contribution in [2.24, 2.45) is 5.92 Å². The molecule has 24 heavy (non-hydrogen) atoms. The van der Waals surface area contributed by atoms with Crippen LogP contribution < -0.4 is 10.6 Å². The number of fused-ring (bicyclic) bond motifs is 1. The molecule has 0 aliphatic heterocycles. The number of carbonyl (C=O) groups is 2. The second-order valence-corrected chi connectivity index (χ2v) is 8.60. The predicted molar refractivity (Wildman–Crippen MR) is 93.6 cm³/mol. The molecule has 0 bridgehead atoms. The first-order chi connectivity index (χ1) is 11.3. The molecular weight excluding hydrogens is 326 g/mol. The van der Waals surface area contributed by atoms with E-state index in [1.165, 1.54) is 11.3 Å². The third-order valence-corrected chi connectivity index (χ3v) is 6.21. The quantitative estimate of drug-likeness (QED) is 0.777.